The van der Waals surface area contributed by atoms with Crippen LogP contribution in [0.3, 0.4) is 0 Å². The Hall–Kier alpha value is -1.92. The zero-order chi connectivity index (χ0) is 16.8. The van der Waals surface area contributed by atoms with Crippen molar-refractivity contribution in [2.75, 3.05) is 13.1 Å². The summed E-state index contributed by atoms with van der Waals surface area (Å²) in [5.74, 6) is -0.447. The van der Waals surface area contributed by atoms with Gasteiger partial charge in [-0.05, 0) is 34.7 Å². The van der Waals surface area contributed by atoms with Crippen molar-refractivity contribution in [2.24, 2.45) is 11.7 Å². The molecule has 0 radical (unpaired) electrons. The third-order valence-electron chi connectivity index (χ3n) is 3.72. The van der Waals surface area contributed by atoms with Crippen LogP contribution in [0.25, 0.3) is 10.1 Å². The van der Waals surface area contributed by atoms with E-state index in [-0.39, 0.29) is 24.3 Å². The number of nitrogens with one attached hydrogen (secondary N) is 2. The Kier molecular flexibility index (Phi) is 6.12. The SMILES string of the molecule is CC(C)[C@H](N)C(=O)NCC(=O)NCCc1csc2ccccc12. The normalized spacial score (nSPS) is 12.3. The van der Waals surface area contributed by atoms with E-state index in [0.717, 1.165) is 6.42 Å². The Morgan fingerprint density at radius 2 is 1.96 bits per heavy atom. The van der Waals surface area contributed by atoms with Crippen LogP contribution in [-0.4, -0.2) is 30.9 Å². The summed E-state index contributed by atoms with van der Waals surface area (Å²) in [5, 5.41) is 8.75. The van der Waals surface area contributed by atoms with Gasteiger partial charge in [0.05, 0.1) is 12.6 Å². The highest BCUT2D eigenvalue weighted by Gasteiger charge is 2.17. The monoisotopic (exact) mass is 333 g/mol. The van der Waals surface area contributed by atoms with E-state index < -0.39 is 6.04 Å². The van der Waals surface area contributed by atoms with Gasteiger partial charge in [-0.3, -0.25) is 9.59 Å². The van der Waals surface area contributed by atoms with E-state index in [9.17, 15) is 9.59 Å². The molecule has 0 aliphatic heterocycles. The lowest BCUT2D eigenvalue weighted by atomic mass is 10.1. The molecule has 0 unspecified atom stereocenters. The molecule has 0 bridgehead atoms. The molecule has 0 aliphatic rings. The van der Waals surface area contributed by atoms with Crippen LogP contribution in [0.2, 0.25) is 0 Å². The predicted molar refractivity (Wildman–Crippen MR) is 94.4 cm³/mol. The lowest BCUT2D eigenvalue weighted by Gasteiger charge is -2.15. The third-order valence-corrected chi connectivity index (χ3v) is 4.73. The number of thiophene rings is 1. The lowest BCUT2D eigenvalue weighted by molar-refractivity contribution is -0.127. The molecular weight excluding hydrogens is 310 g/mol. The van der Waals surface area contributed by atoms with Gasteiger partial charge in [0, 0.05) is 11.2 Å². The van der Waals surface area contributed by atoms with E-state index in [1.54, 1.807) is 11.3 Å². The Labute approximate surface area is 140 Å². The molecule has 1 aromatic carbocycles. The highest BCUT2D eigenvalue weighted by Crippen LogP contribution is 2.25. The fourth-order valence-electron chi connectivity index (χ4n) is 2.21. The third kappa shape index (κ3) is 4.77. The van der Waals surface area contributed by atoms with Gasteiger partial charge in [0.2, 0.25) is 11.8 Å². The maximum Gasteiger partial charge on any atom is 0.239 e. The van der Waals surface area contributed by atoms with Crippen molar-refractivity contribution in [1.29, 1.82) is 0 Å². The molecule has 0 saturated carbocycles. The fourth-order valence-corrected chi connectivity index (χ4v) is 3.21. The molecule has 6 heteroatoms. The van der Waals surface area contributed by atoms with Gasteiger partial charge < -0.3 is 16.4 Å². The van der Waals surface area contributed by atoms with Crippen LogP contribution in [-0.2, 0) is 16.0 Å². The second-order valence-electron chi connectivity index (χ2n) is 5.84. The molecule has 2 amide bonds. The van der Waals surface area contributed by atoms with E-state index in [1.165, 1.54) is 15.6 Å². The molecule has 2 aromatic rings. The first-order valence-corrected chi connectivity index (χ1v) is 8.62. The van der Waals surface area contributed by atoms with Gasteiger partial charge in [-0.1, -0.05) is 32.0 Å². The van der Waals surface area contributed by atoms with Crippen LogP contribution in [0.5, 0.6) is 0 Å². The average molecular weight is 333 g/mol. The number of benzene rings is 1. The van der Waals surface area contributed by atoms with Crippen LogP contribution in [0, 0.1) is 5.92 Å². The maximum atomic E-state index is 11.8. The van der Waals surface area contributed by atoms with Crippen molar-refractivity contribution in [2.45, 2.75) is 26.3 Å². The van der Waals surface area contributed by atoms with Gasteiger partial charge in [0.1, 0.15) is 0 Å². The van der Waals surface area contributed by atoms with Gasteiger partial charge >= 0.3 is 0 Å². The van der Waals surface area contributed by atoms with Crippen LogP contribution >= 0.6 is 11.3 Å². The molecule has 1 aromatic heterocycles. The smallest absolute Gasteiger partial charge is 0.239 e. The molecule has 0 fully saturated rings. The molecule has 1 atom stereocenters. The maximum absolute atomic E-state index is 11.8. The van der Waals surface area contributed by atoms with E-state index >= 15 is 0 Å². The summed E-state index contributed by atoms with van der Waals surface area (Å²) in [6, 6.07) is 7.64. The van der Waals surface area contributed by atoms with E-state index in [1.807, 2.05) is 26.0 Å². The van der Waals surface area contributed by atoms with Crippen LogP contribution in [0.1, 0.15) is 19.4 Å². The number of carbonyl (C=O) groups is 2. The van der Waals surface area contributed by atoms with Crippen LogP contribution in [0.4, 0.5) is 0 Å². The van der Waals surface area contributed by atoms with Gasteiger partial charge in [-0.2, -0.15) is 0 Å². The molecule has 124 valence electrons. The molecule has 23 heavy (non-hydrogen) atoms. The molecule has 0 saturated heterocycles. The first kappa shape index (κ1) is 17.4. The van der Waals surface area contributed by atoms with Crippen molar-refractivity contribution in [3.63, 3.8) is 0 Å². The summed E-state index contributed by atoms with van der Waals surface area (Å²) >= 11 is 1.71. The Morgan fingerprint density at radius 3 is 2.70 bits per heavy atom. The molecule has 0 spiro atoms. The molecule has 4 N–H and O–H groups in total. The quantitative estimate of drug-likeness (QED) is 0.720. The van der Waals surface area contributed by atoms with Gasteiger partial charge in [-0.15, -0.1) is 11.3 Å². The van der Waals surface area contributed by atoms with Crippen molar-refractivity contribution in [1.82, 2.24) is 10.6 Å². The molecule has 0 aliphatic carbocycles. The Morgan fingerprint density at radius 1 is 1.22 bits per heavy atom. The number of rotatable bonds is 7. The van der Waals surface area contributed by atoms with Crippen molar-refractivity contribution >= 4 is 33.2 Å². The predicted octanol–water partition coefficient (Wildman–Crippen LogP) is 1.66. The largest absolute Gasteiger partial charge is 0.354 e. The van der Waals surface area contributed by atoms with E-state index in [0.29, 0.717) is 6.54 Å². The Bertz CT molecular complexity index is 681. The summed E-state index contributed by atoms with van der Waals surface area (Å²) in [4.78, 5) is 23.4. The van der Waals surface area contributed by atoms with Crippen molar-refractivity contribution < 1.29 is 9.59 Å². The highest BCUT2D eigenvalue weighted by atomic mass is 32.1. The van der Waals surface area contributed by atoms with E-state index in [2.05, 4.69) is 28.1 Å². The number of fused-ring (bicyclic) bond motifs is 1. The topological polar surface area (TPSA) is 84.2 Å². The summed E-state index contributed by atoms with van der Waals surface area (Å²) in [6.07, 6.45) is 0.773. The Balaban J connectivity index is 1.74. The van der Waals surface area contributed by atoms with Gasteiger partial charge in [0.15, 0.2) is 0 Å². The zero-order valence-corrected chi connectivity index (χ0v) is 14.3. The van der Waals surface area contributed by atoms with E-state index in [4.69, 9.17) is 5.73 Å². The minimum atomic E-state index is -0.583. The highest BCUT2D eigenvalue weighted by molar-refractivity contribution is 7.17. The van der Waals surface area contributed by atoms with Gasteiger partial charge in [0.25, 0.3) is 0 Å². The minimum absolute atomic E-state index is 0.0381. The second kappa shape index (κ2) is 8.08. The summed E-state index contributed by atoms with van der Waals surface area (Å²) in [5.41, 5.74) is 6.95. The zero-order valence-electron chi connectivity index (χ0n) is 13.5. The summed E-state index contributed by atoms with van der Waals surface area (Å²) in [7, 11) is 0. The number of amides is 2. The second-order valence-corrected chi connectivity index (χ2v) is 6.76. The van der Waals surface area contributed by atoms with Crippen LogP contribution in [0.15, 0.2) is 29.6 Å². The van der Waals surface area contributed by atoms with Crippen LogP contribution < -0.4 is 16.4 Å². The van der Waals surface area contributed by atoms with Gasteiger partial charge in [-0.25, -0.2) is 0 Å². The number of hydrogen-bond acceptors (Lipinski definition) is 4. The summed E-state index contributed by atoms with van der Waals surface area (Å²) in [6.45, 7) is 4.25. The first-order valence-electron chi connectivity index (χ1n) is 7.74. The number of hydrogen-bond donors (Lipinski definition) is 3. The first-order chi connectivity index (χ1) is 11.0. The fraction of sp³-hybridized carbons (Fsp3) is 0.412. The standard InChI is InChI=1S/C17H23N3O2S/c1-11(2)16(18)17(22)20-9-15(21)19-8-7-12-10-23-14-6-4-3-5-13(12)14/h3-6,10-11,16H,7-9,18H2,1-2H3,(H,19,21)(H,20,22)/t16-/m0/s1. The molecule has 5 nitrogen and oxygen atoms in total. The molecule has 2 rings (SSSR count). The molecular formula is C17H23N3O2S. The minimum Gasteiger partial charge on any atom is -0.354 e. The molecule has 1 heterocycles. The number of nitrogens with two attached hydrogens (primary N) is 1. The van der Waals surface area contributed by atoms with Crippen molar-refractivity contribution in [3.8, 4) is 0 Å². The summed E-state index contributed by atoms with van der Waals surface area (Å²) < 4.78 is 1.25. The average Bonchev–Trinajstić information content (AvgIpc) is 2.95. The number of carbonyl (C=O) groups excluding carboxylic acids is 2. The van der Waals surface area contributed by atoms with Crippen molar-refractivity contribution in [3.05, 3.63) is 35.2 Å². The lowest BCUT2D eigenvalue weighted by Crippen LogP contribution is -2.47.